The maximum absolute atomic E-state index is 13.0. The van der Waals surface area contributed by atoms with Crippen molar-refractivity contribution in [3.63, 3.8) is 0 Å². The van der Waals surface area contributed by atoms with Crippen LogP contribution in [0.15, 0.2) is 0 Å². The first kappa shape index (κ1) is 18.6. The van der Waals surface area contributed by atoms with Crippen LogP contribution in [0.1, 0.15) is 52.4 Å². The van der Waals surface area contributed by atoms with Gasteiger partial charge in [0.15, 0.2) is 0 Å². The summed E-state index contributed by atoms with van der Waals surface area (Å²) in [5.41, 5.74) is -0.688. The number of hydrogen-bond acceptors (Lipinski definition) is 4. The fourth-order valence-electron chi connectivity index (χ4n) is 4.31. The molecule has 142 valence electrons. The smallest absolute Gasteiger partial charge is 0.245 e. The summed E-state index contributed by atoms with van der Waals surface area (Å²) < 4.78 is 5.38. The van der Waals surface area contributed by atoms with Gasteiger partial charge in [-0.25, -0.2) is 0 Å². The average Bonchev–Trinajstić information content (AvgIpc) is 2.92. The van der Waals surface area contributed by atoms with E-state index in [0.29, 0.717) is 19.4 Å². The molecule has 0 aromatic heterocycles. The summed E-state index contributed by atoms with van der Waals surface area (Å²) in [4.78, 5) is 29.5. The van der Waals surface area contributed by atoms with Gasteiger partial charge in [0.25, 0.3) is 0 Å². The first-order valence-corrected chi connectivity index (χ1v) is 9.90. The zero-order valence-corrected chi connectivity index (χ0v) is 15.8. The van der Waals surface area contributed by atoms with E-state index < -0.39 is 5.54 Å². The summed E-state index contributed by atoms with van der Waals surface area (Å²) in [5.74, 6) is 0.921. The first-order valence-electron chi connectivity index (χ1n) is 9.90. The van der Waals surface area contributed by atoms with Gasteiger partial charge in [0.2, 0.25) is 11.8 Å². The lowest BCUT2D eigenvalue weighted by atomic mass is 9.86. The van der Waals surface area contributed by atoms with E-state index in [-0.39, 0.29) is 17.9 Å². The van der Waals surface area contributed by atoms with E-state index in [0.717, 1.165) is 51.6 Å². The van der Waals surface area contributed by atoms with Crippen LogP contribution in [0.3, 0.4) is 0 Å². The molecule has 25 heavy (non-hydrogen) atoms. The van der Waals surface area contributed by atoms with Crippen molar-refractivity contribution in [2.24, 2.45) is 5.92 Å². The second kappa shape index (κ2) is 8.04. The van der Waals surface area contributed by atoms with Gasteiger partial charge in [0, 0.05) is 38.6 Å². The minimum absolute atomic E-state index is 0.0416. The summed E-state index contributed by atoms with van der Waals surface area (Å²) in [5, 5.41) is 3.24. The third kappa shape index (κ3) is 4.34. The van der Waals surface area contributed by atoms with Crippen molar-refractivity contribution in [3.05, 3.63) is 0 Å². The number of nitrogens with zero attached hydrogens (tertiary/aromatic N) is 2. The zero-order chi connectivity index (χ0) is 17.9. The molecule has 0 aromatic carbocycles. The minimum Gasteiger partial charge on any atom is -0.379 e. The number of ether oxygens (including phenoxy) is 1. The fourth-order valence-corrected chi connectivity index (χ4v) is 4.31. The molecule has 0 radical (unpaired) electrons. The normalized spacial score (nSPS) is 34.3. The number of likely N-dealkylation sites (tertiary alicyclic amines) is 1. The standard InChI is InChI=1S/C19H33N3O3/c1-15-3-5-16(6-4-15)20-18(24)19(2)8-7-17(23)22(19)10-9-21-11-13-25-14-12-21/h15-16H,3-14H2,1-2H3,(H,20,24). The van der Waals surface area contributed by atoms with Gasteiger partial charge in [-0.05, 0) is 44.9 Å². The molecule has 3 rings (SSSR count). The van der Waals surface area contributed by atoms with Crippen LogP contribution < -0.4 is 5.32 Å². The molecule has 2 saturated heterocycles. The third-order valence-corrected chi connectivity index (χ3v) is 6.31. The van der Waals surface area contributed by atoms with Crippen molar-refractivity contribution in [3.8, 4) is 0 Å². The van der Waals surface area contributed by atoms with E-state index in [4.69, 9.17) is 4.74 Å². The lowest BCUT2D eigenvalue weighted by Gasteiger charge is -2.38. The van der Waals surface area contributed by atoms with Crippen LogP contribution in [-0.2, 0) is 14.3 Å². The second-order valence-electron chi connectivity index (χ2n) is 8.20. The Hall–Kier alpha value is -1.14. The summed E-state index contributed by atoms with van der Waals surface area (Å²) in [6, 6.07) is 0.275. The van der Waals surface area contributed by atoms with Crippen LogP contribution in [0.2, 0.25) is 0 Å². The van der Waals surface area contributed by atoms with E-state index in [2.05, 4.69) is 17.1 Å². The Morgan fingerprint density at radius 3 is 2.56 bits per heavy atom. The largest absolute Gasteiger partial charge is 0.379 e. The summed E-state index contributed by atoms with van der Waals surface area (Å²) in [6.45, 7) is 9.00. The molecule has 1 aliphatic carbocycles. The highest BCUT2D eigenvalue weighted by Crippen LogP contribution is 2.31. The Labute approximate surface area is 151 Å². The molecular weight excluding hydrogens is 318 g/mol. The van der Waals surface area contributed by atoms with Gasteiger partial charge in [-0.1, -0.05) is 6.92 Å². The van der Waals surface area contributed by atoms with Crippen molar-refractivity contribution in [2.75, 3.05) is 39.4 Å². The van der Waals surface area contributed by atoms with Gasteiger partial charge in [-0.2, -0.15) is 0 Å². The van der Waals surface area contributed by atoms with Crippen molar-refractivity contribution in [1.82, 2.24) is 15.1 Å². The predicted octanol–water partition coefficient (Wildman–Crippen LogP) is 1.39. The fraction of sp³-hybridized carbons (Fsp3) is 0.895. The van der Waals surface area contributed by atoms with Gasteiger partial charge in [-0.15, -0.1) is 0 Å². The van der Waals surface area contributed by atoms with Crippen molar-refractivity contribution in [1.29, 1.82) is 0 Å². The molecule has 0 aromatic rings. The number of carbonyl (C=O) groups is 2. The summed E-state index contributed by atoms with van der Waals surface area (Å²) >= 11 is 0. The molecule has 2 amide bonds. The molecule has 0 bridgehead atoms. The Balaban J connectivity index is 1.56. The van der Waals surface area contributed by atoms with E-state index in [1.165, 1.54) is 12.8 Å². The third-order valence-electron chi connectivity index (χ3n) is 6.31. The Morgan fingerprint density at radius 2 is 1.88 bits per heavy atom. The number of morpholine rings is 1. The number of hydrogen-bond donors (Lipinski definition) is 1. The average molecular weight is 351 g/mol. The van der Waals surface area contributed by atoms with Gasteiger partial charge in [0.05, 0.1) is 13.2 Å². The van der Waals surface area contributed by atoms with Gasteiger partial charge >= 0.3 is 0 Å². The number of rotatable bonds is 5. The van der Waals surface area contributed by atoms with Crippen LogP contribution >= 0.6 is 0 Å². The van der Waals surface area contributed by atoms with Gasteiger partial charge in [-0.3, -0.25) is 14.5 Å². The van der Waals surface area contributed by atoms with E-state index in [1.54, 1.807) is 0 Å². The zero-order valence-electron chi connectivity index (χ0n) is 15.8. The molecule has 6 heteroatoms. The SMILES string of the molecule is CC1CCC(NC(=O)C2(C)CCC(=O)N2CCN2CCOCC2)CC1. The Morgan fingerprint density at radius 1 is 1.20 bits per heavy atom. The van der Waals surface area contributed by atoms with Crippen LogP contribution in [0.5, 0.6) is 0 Å². The quantitative estimate of drug-likeness (QED) is 0.813. The van der Waals surface area contributed by atoms with E-state index >= 15 is 0 Å². The first-order chi connectivity index (χ1) is 12.0. The number of amides is 2. The molecule has 0 spiro atoms. The molecule has 1 saturated carbocycles. The van der Waals surface area contributed by atoms with Crippen molar-refractivity contribution >= 4 is 11.8 Å². The van der Waals surface area contributed by atoms with Crippen molar-refractivity contribution < 1.29 is 14.3 Å². The van der Waals surface area contributed by atoms with Crippen LogP contribution in [0.4, 0.5) is 0 Å². The molecular formula is C19H33N3O3. The van der Waals surface area contributed by atoms with Crippen LogP contribution in [0, 0.1) is 5.92 Å². The topological polar surface area (TPSA) is 61.9 Å². The molecule has 3 fully saturated rings. The highest BCUT2D eigenvalue weighted by Gasteiger charge is 2.47. The lowest BCUT2D eigenvalue weighted by molar-refractivity contribution is -0.141. The molecule has 6 nitrogen and oxygen atoms in total. The Kier molecular flexibility index (Phi) is 6.00. The molecule has 3 aliphatic rings. The lowest BCUT2D eigenvalue weighted by Crippen LogP contribution is -2.58. The molecule has 1 atom stereocenters. The van der Waals surface area contributed by atoms with Crippen LogP contribution in [-0.4, -0.2) is 72.6 Å². The Bertz CT molecular complexity index is 484. The van der Waals surface area contributed by atoms with E-state index in [1.807, 2.05) is 11.8 Å². The highest BCUT2D eigenvalue weighted by molar-refractivity contribution is 5.94. The van der Waals surface area contributed by atoms with Gasteiger partial charge in [0.1, 0.15) is 5.54 Å². The predicted molar refractivity (Wildman–Crippen MR) is 96.2 cm³/mol. The van der Waals surface area contributed by atoms with Crippen LogP contribution in [0.25, 0.3) is 0 Å². The monoisotopic (exact) mass is 351 g/mol. The van der Waals surface area contributed by atoms with Gasteiger partial charge < -0.3 is 15.0 Å². The second-order valence-corrected chi connectivity index (χ2v) is 8.20. The molecule has 2 heterocycles. The maximum atomic E-state index is 13.0. The number of carbonyl (C=O) groups excluding carboxylic acids is 2. The maximum Gasteiger partial charge on any atom is 0.245 e. The minimum atomic E-state index is -0.688. The molecule has 1 N–H and O–H groups in total. The van der Waals surface area contributed by atoms with Crippen molar-refractivity contribution in [2.45, 2.75) is 64.0 Å². The van der Waals surface area contributed by atoms with E-state index in [9.17, 15) is 9.59 Å². The number of nitrogens with one attached hydrogen (secondary N) is 1. The molecule has 1 unspecified atom stereocenters. The summed E-state index contributed by atoms with van der Waals surface area (Å²) in [6.07, 6.45) is 5.59. The highest BCUT2D eigenvalue weighted by atomic mass is 16.5. The summed E-state index contributed by atoms with van der Waals surface area (Å²) in [7, 11) is 0. The molecule has 2 aliphatic heterocycles.